The summed E-state index contributed by atoms with van der Waals surface area (Å²) in [4.78, 5) is 5.77. The monoisotopic (exact) mass is 301 g/mol. The highest BCUT2D eigenvalue weighted by Crippen LogP contribution is 2.27. The molecular formula is C14H18F3N3O. The fourth-order valence-corrected chi connectivity index (χ4v) is 2.23. The molecule has 0 spiro atoms. The molecule has 1 aliphatic heterocycles. The fraction of sp³-hybridized carbons (Fsp3) is 0.500. The fourth-order valence-electron chi connectivity index (χ4n) is 2.23. The van der Waals surface area contributed by atoms with E-state index in [0.29, 0.717) is 19.0 Å². The molecule has 0 saturated carbocycles. The Morgan fingerprint density at radius 2 is 2.14 bits per heavy atom. The van der Waals surface area contributed by atoms with E-state index in [4.69, 9.17) is 5.11 Å². The Labute approximate surface area is 121 Å². The standard InChI is InChI=1S/C14H18F3N3O/c1-2-18-13(19-9-12(21)14(15,16)17)20-8-7-10-5-3-4-6-11(10)20/h3-6,12,21H,2,7-9H2,1H3,(H,18,19). The first-order valence-corrected chi connectivity index (χ1v) is 6.82. The van der Waals surface area contributed by atoms with Gasteiger partial charge in [0.15, 0.2) is 12.1 Å². The average molecular weight is 301 g/mol. The molecule has 0 aromatic heterocycles. The molecule has 116 valence electrons. The van der Waals surface area contributed by atoms with Gasteiger partial charge in [0.1, 0.15) is 0 Å². The summed E-state index contributed by atoms with van der Waals surface area (Å²) in [7, 11) is 0. The van der Waals surface area contributed by atoms with Crippen LogP contribution in [0.1, 0.15) is 12.5 Å². The average Bonchev–Trinajstić information content (AvgIpc) is 2.86. The Morgan fingerprint density at radius 1 is 1.43 bits per heavy atom. The van der Waals surface area contributed by atoms with Gasteiger partial charge in [-0.05, 0) is 25.0 Å². The largest absolute Gasteiger partial charge is 0.416 e. The molecule has 0 radical (unpaired) electrons. The van der Waals surface area contributed by atoms with Crippen molar-refractivity contribution in [2.75, 3.05) is 24.5 Å². The number of guanidine groups is 1. The summed E-state index contributed by atoms with van der Waals surface area (Å²) in [6.07, 6.45) is -6.27. The van der Waals surface area contributed by atoms with Crippen LogP contribution in [0.3, 0.4) is 0 Å². The second kappa shape index (κ2) is 6.34. The van der Waals surface area contributed by atoms with Crippen LogP contribution in [0, 0.1) is 0 Å². The zero-order valence-corrected chi connectivity index (χ0v) is 11.7. The summed E-state index contributed by atoms with van der Waals surface area (Å²) >= 11 is 0. The van der Waals surface area contributed by atoms with E-state index < -0.39 is 18.8 Å². The molecular weight excluding hydrogens is 283 g/mol. The molecule has 1 aromatic carbocycles. The maximum atomic E-state index is 12.3. The zero-order chi connectivity index (χ0) is 15.5. The molecule has 7 heteroatoms. The summed E-state index contributed by atoms with van der Waals surface area (Å²) in [5.74, 6) is 0.366. The van der Waals surface area contributed by atoms with E-state index in [2.05, 4.69) is 10.3 Å². The van der Waals surface area contributed by atoms with Gasteiger partial charge in [-0.2, -0.15) is 13.2 Å². The van der Waals surface area contributed by atoms with Gasteiger partial charge < -0.3 is 15.3 Å². The number of alkyl halides is 3. The maximum Gasteiger partial charge on any atom is 0.416 e. The van der Waals surface area contributed by atoms with Crippen molar-refractivity contribution in [2.24, 2.45) is 4.99 Å². The number of benzene rings is 1. The third-order valence-electron chi connectivity index (χ3n) is 3.27. The van der Waals surface area contributed by atoms with Gasteiger partial charge in [-0.3, -0.25) is 0 Å². The molecule has 2 N–H and O–H groups in total. The smallest absolute Gasteiger partial charge is 0.382 e. The van der Waals surface area contributed by atoms with Crippen molar-refractivity contribution < 1.29 is 18.3 Å². The van der Waals surface area contributed by atoms with Gasteiger partial charge >= 0.3 is 6.18 Å². The van der Waals surface area contributed by atoms with Gasteiger partial charge in [0.25, 0.3) is 0 Å². The highest BCUT2D eigenvalue weighted by molar-refractivity contribution is 5.97. The summed E-state index contributed by atoms with van der Waals surface area (Å²) in [5, 5.41) is 12.0. The van der Waals surface area contributed by atoms with E-state index in [1.807, 2.05) is 36.1 Å². The van der Waals surface area contributed by atoms with Crippen LogP contribution < -0.4 is 10.2 Å². The Balaban J connectivity index is 2.17. The van der Waals surface area contributed by atoms with Crippen LogP contribution in [0.4, 0.5) is 18.9 Å². The molecule has 0 fully saturated rings. The molecule has 0 amide bonds. The number of anilines is 1. The lowest BCUT2D eigenvalue weighted by Crippen LogP contribution is -2.42. The van der Waals surface area contributed by atoms with Crippen LogP contribution in [0.2, 0.25) is 0 Å². The van der Waals surface area contributed by atoms with Crippen LogP contribution in [0.15, 0.2) is 29.3 Å². The molecule has 21 heavy (non-hydrogen) atoms. The second-order valence-corrected chi connectivity index (χ2v) is 4.78. The summed E-state index contributed by atoms with van der Waals surface area (Å²) in [5.41, 5.74) is 2.08. The van der Waals surface area contributed by atoms with Crippen molar-refractivity contribution in [2.45, 2.75) is 25.6 Å². The third-order valence-corrected chi connectivity index (χ3v) is 3.27. The molecule has 1 atom stereocenters. The predicted octanol–water partition coefficient (Wildman–Crippen LogP) is 1.94. The van der Waals surface area contributed by atoms with Crippen LogP contribution in [0.25, 0.3) is 0 Å². The molecule has 0 bridgehead atoms. The number of fused-ring (bicyclic) bond motifs is 1. The minimum atomic E-state index is -4.65. The van der Waals surface area contributed by atoms with Crippen LogP contribution in [0.5, 0.6) is 0 Å². The molecule has 4 nitrogen and oxygen atoms in total. The van der Waals surface area contributed by atoms with E-state index in [-0.39, 0.29) is 0 Å². The van der Waals surface area contributed by atoms with Gasteiger partial charge in [-0.15, -0.1) is 0 Å². The van der Waals surface area contributed by atoms with Crippen molar-refractivity contribution in [3.05, 3.63) is 29.8 Å². The highest BCUT2D eigenvalue weighted by atomic mass is 19.4. The van der Waals surface area contributed by atoms with E-state index in [1.54, 1.807) is 0 Å². The SMILES string of the molecule is CCNC(=NCC(O)C(F)(F)F)N1CCc2ccccc21. The number of para-hydroxylation sites is 1. The van der Waals surface area contributed by atoms with E-state index in [0.717, 1.165) is 17.7 Å². The number of nitrogens with zero attached hydrogens (tertiary/aromatic N) is 2. The van der Waals surface area contributed by atoms with Gasteiger partial charge in [0.05, 0.1) is 6.54 Å². The normalized spacial score (nSPS) is 16.8. The number of aliphatic imine (C=N–C) groups is 1. The third kappa shape index (κ3) is 3.66. The topological polar surface area (TPSA) is 47.9 Å². The predicted molar refractivity (Wildman–Crippen MR) is 75.5 cm³/mol. The number of aliphatic hydroxyl groups is 1. The minimum absolute atomic E-state index is 0.366. The van der Waals surface area contributed by atoms with Crippen molar-refractivity contribution in [3.8, 4) is 0 Å². The number of hydrogen-bond donors (Lipinski definition) is 2. The molecule has 1 aliphatic rings. The van der Waals surface area contributed by atoms with Crippen molar-refractivity contribution in [1.82, 2.24) is 5.32 Å². The Kier molecular flexibility index (Phi) is 4.72. The first-order chi connectivity index (χ1) is 9.93. The van der Waals surface area contributed by atoms with Crippen molar-refractivity contribution in [1.29, 1.82) is 0 Å². The van der Waals surface area contributed by atoms with Crippen molar-refractivity contribution >= 4 is 11.6 Å². The first-order valence-electron chi connectivity index (χ1n) is 6.82. The highest BCUT2D eigenvalue weighted by Gasteiger charge is 2.38. The number of hydrogen-bond acceptors (Lipinski definition) is 2. The number of halogens is 3. The molecule has 1 aromatic rings. The molecule has 2 rings (SSSR count). The lowest BCUT2D eigenvalue weighted by atomic mass is 10.2. The van der Waals surface area contributed by atoms with Crippen LogP contribution >= 0.6 is 0 Å². The quantitative estimate of drug-likeness (QED) is 0.662. The Hall–Kier alpha value is -1.76. The first kappa shape index (κ1) is 15.6. The Bertz CT molecular complexity index is 516. The van der Waals surface area contributed by atoms with Gasteiger partial charge in [0.2, 0.25) is 0 Å². The number of aliphatic hydroxyl groups excluding tert-OH is 1. The Morgan fingerprint density at radius 3 is 2.81 bits per heavy atom. The van der Waals surface area contributed by atoms with E-state index in [9.17, 15) is 13.2 Å². The molecule has 0 aliphatic carbocycles. The zero-order valence-electron chi connectivity index (χ0n) is 11.7. The van der Waals surface area contributed by atoms with Crippen molar-refractivity contribution in [3.63, 3.8) is 0 Å². The van der Waals surface area contributed by atoms with Crippen LogP contribution in [-0.4, -0.2) is 43.0 Å². The molecule has 1 unspecified atom stereocenters. The summed E-state index contributed by atoms with van der Waals surface area (Å²) in [6, 6.07) is 7.71. The lowest BCUT2D eigenvalue weighted by molar-refractivity contribution is -0.199. The van der Waals surface area contributed by atoms with Crippen LogP contribution in [-0.2, 0) is 6.42 Å². The van der Waals surface area contributed by atoms with Gasteiger partial charge in [-0.25, -0.2) is 4.99 Å². The number of rotatable bonds is 3. The number of nitrogens with one attached hydrogen (secondary N) is 1. The lowest BCUT2D eigenvalue weighted by Gasteiger charge is -2.23. The summed E-state index contributed by atoms with van der Waals surface area (Å²) in [6.45, 7) is 2.34. The maximum absolute atomic E-state index is 12.3. The summed E-state index contributed by atoms with van der Waals surface area (Å²) < 4.78 is 37.0. The van der Waals surface area contributed by atoms with E-state index in [1.165, 1.54) is 0 Å². The molecule has 0 saturated heterocycles. The van der Waals surface area contributed by atoms with E-state index >= 15 is 0 Å². The van der Waals surface area contributed by atoms with Gasteiger partial charge in [-0.1, -0.05) is 18.2 Å². The molecule has 1 heterocycles. The second-order valence-electron chi connectivity index (χ2n) is 4.78. The van der Waals surface area contributed by atoms with Gasteiger partial charge in [0, 0.05) is 18.8 Å². The minimum Gasteiger partial charge on any atom is -0.382 e.